The van der Waals surface area contributed by atoms with Gasteiger partial charge in [0.15, 0.2) is 0 Å². The van der Waals surface area contributed by atoms with Crippen LogP contribution >= 0.6 is 0 Å². The van der Waals surface area contributed by atoms with Crippen LogP contribution in [0.1, 0.15) is 23.7 Å². The van der Waals surface area contributed by atoms with Gasteiger partial charge in [-0.3, -0.25) is 9.59 Å². The summed E-state index contributed by atoms with van der Waals surface area (Å²) in [5.41, 5.74) is 1.00. The molecule has 8 nitrogen and oxygen atoms in total. The first-order valence-electron chi connectivity index (χ1n) is 9.70. The smallest absolute Gasteiger partial charge is 0.285 e. The first-order chi connectivity index (χ1) is 14.9. The van der Waals surface area contributed by atoms with E-state index in [0.717, 1.165) is 10.4 Å². The predicted octanol–water partition coefficient (Wildman–Crippen LogP) is 3.56. The minimum atomic E-state index is -0.583. The molecule has 1 aromatic heterocycles. The van der Waals surface area contributed by atoms with Crippen molar-refractivity contribution < 1.29 is 14.3 Å². The average Bonchev–Trinajstić information content (AvgIpc) is 2.75. The molecule has 0 spiro atoms. The number of nitrogens with one attached hydrogen (secondary N) is 1. The minimum Gasteiger partial charge on any atom is -0.494 e. The van der Waals surface area contributed by atoms with Gasteiger partial charge in [0.1, 0.15) is 35.4 Å². The third-order valence-electron chi connectivity index (χ3n) is 4.55. The molecular weight excluding hydrogens is 396 g/mol. The van der Waals surface area contributed by atoms with Gasteiger partial charge in [-0.15, -0.1) is 0 Å². The Morgan fingerprint density at radius 3 is 2.23 bits per heavy atom. The SMILES string of the molecule is CCOc1ccc(Oc2ccc(NC(=O)Cn3nc(C)c(C)c(C#N)c3=O)cc2)cc1. The molecule has 0 radical (unpaired) electrons. The van der Waals surface area contributed by atoms with E-state index >= 15 is 0 Å². The number of aromatic nitrogens is 2. The molecule has 0 aliphatic heterocycles. The number of benzene rings is 2. The Kier molecular flexibility index (Phi) is 6.67. The van der Waals surface area contributed by atoms with Gasteiger partial charge in [-0.2, -0.15) is 10.4 Å². The number of amides is 1. The average molecular weight is 418 g/mol. The molecule has 8 heteroatoms. The van der Waals surface area contributed by atoms with Crippen molar-refractivity contribution in [2.45, 2.75) is 27.3 Å². The van der Waals surface area contributed by atoms with E-state index < -0.39 is 11.5 Å². The molecule has 2 aromatic carbocycles. The highest BCUT2D eigenvalue weighted by Gasteiger charge is 2.14. The van der Waals surface area contributed by atoms with Gasteiger partial charge in [-0.1, -0.05) is 0 Å². The van der Waals surface area contributed by atoms with Crippen molar-refractivity contribution in [3.8, 4) is 23.3 Å². The third kappa shape index (κ3) is 5.28. The van der Waals surface area contributed by atoms with Crippen LogP contribution in [0.2, 0.25) is 0 Å². The molecule has 1 amide bonds. The maximum atomic E-state index is 12.4. The molecule has 0 saturated heterocycles. The third-order valence-corrected chi connectivity index (χ3v) is 4.55. The van der Waals surface area contributed by atoms with Crippen LogP contribution in [-0.2, 0) is 11.3 Å². The molecule has 1 heterocycles. The summed E-state index contributed by atoms with van der Waals surface area (Å²) in [4.78, 5) is 24.7. The standard InChI is InChI=1S/C23H22N4O4/c1-4-30-18-9-11-20(12-10-18)31-19-7-5-17(6-8-19)25-22(28)14-27-23(29)21(13-24)15(2)16(3)26-27/h5-12H,4,14H2,1-3H3,(H,25,28). The zero-order valence-corrected chi connectivity index (χ0v) is 17.5. The highest BCUT2D eigenvalue weighted by molar-refractivity contribution is 5.90. The maximum absolute atomic E-state index is 12.4. The number of nitrogens with zero attached hydrogens (tertiary/aromatic N) is 3. The number of hydrogen-bond acceptors (Lipinski definition) is 6. The van der Waals surface area contributed by atoms with Gasteiger partial charge in [0.25, 0.3) is 5.56 Å². The zero-order chi connectivity index (χ0) is 22.4. The molecule has 0 aliphatic rings. The summed E-state index contributed by atoms with van der Waals surface area (Å²) < 4.78 is 12.2. The molecule has 1 N–H and O–H groups in total. The Hall–Kier alpha value is -4.12. The van der Waals surface area contributed by atoms with Gasteiger partial charge in [-0.05, 0) is 74.9 Å². The number of ether oxygens (including phenoxy) is 2. The minimum absolute atomic E-state index is 0.00362. The molecule has 158 valence electrons. The summed E-state index contributed by atoms with van der Waals surface area (Å²) in [6.07, 6.45) is 0. The van der Waals surface area contributed by atoms with Gasteiger partial charge in [0.2, 0.25) is 5.91 Å². The van der Waals surface area contributed by atoms with E-state index in [1.165, 1.54) is 0 Å². The lowest BCUT2D eigenvalue weighted by Gasteiger charge is -2.10. The molecule has 0 fully saturated rings. The fourth-order valence-electron chi connectivity index (χ4n) is 2.86. The highest BCUT2D eigenvalue weighted by atomic mass is 16.5. The fourth-order valence-corrected chi connectivity index (χ4v) is 2.86. The lowest BCUT2D eigenvalue weighted by Crippen LogP contribution is -2.32. The molecule has 0 bridgehead atoms. The van der Waals surface area contributed by atoms with Crippen molar-refractivity contribution in [1.29, 1.82) is 5.26 Å². The lowest BCUT2D eigenvalue weighted by atomic mass is 10.1. The van der Waals surface area contributed by atoms with Crippen LogP contribution in [-0.4, -0.2) is 22.3 Å². The summed E-state index contributed by atoms with van der Waals surface area (Å²) in [5, 5.41) is 16.0. The van der Waals surface area contributed by atoms with Crippen LogP contribution in [0, 0.1) is 25.2 Å². The quantitative estimate of drug-likeness (QED) is 0.629. The van der Waals surface area contributed by atoms with Crippen molar-refractivity contribution in [2.75, 3.05) is 11.9 Å². The van der Waals surface area contributed by atoms with Gasteiger partial charge in [0, 0.05) is 5.69 Å². The Balaban J connectivity index is 1.63. The van der Waals surface area contributed by atoms with Crippen LogP contribution < -0.4 is 20.3 Å². The summed E-state index contributed by atoms with van der Waals surface area (Å²) in [7, 11) is 0. The topological polar surface area (TPSA) is 106 Å². The van der Waals surface area contributed by atoms with E-state index in [1.807, 2.05) is 37.3 Å². The van der Waals surface area contributed by atoms with Crippen molar-refractivity contribution >= 4 is 11.6 Å². The molecule has 3 aromatic rings. The molecule has 0 saturated carbocycles. The van der Waals surface area contributed by atoms with Crippen LogP contribution in [0.3, 0.4) is 0 Å². The molecule has 0 aliphatic carbocycles. The first-order valence-corrected chi connectivity index (χ1v) is 9.70. The second-order valence-electron chi connectivity index (χ2n) is 6.74. The zero-order valence-electron chi connectivity index (χ0n) is 17.5. The summed E-state index contributed by atoms with van der Waals surface area (Å²) >= 11 is 0. The number of carbonyl (C=O) groups is 1. The molecule has 3 rings (SSSR count). The van der Waals surface area contributed by atoms with Gasteiger partial charge < -0.3 is 14.8 Å². The number of aryl methyl sites for hydroxylation is 1. The molecule has 0 unspecified atom stereocenters. The van der Waals surface area contributed by atoms with Crippen LogP contribution in [0.25, 0.3) is 0 Å². The molecule has 0 atom stereocenters. The first kappa shape index (κ1) is 21.6. The normalized spacial score (nSPS) is 10.3. The fraction of sp³-hybridized carbons (Fsp3) is 0.217. The van der Waals surface area contributed by atoms with E-state index in [2.05, 4.69) is 10.4 Å². The summed E-state index contributed by atoms with van der Waals surface area (Å²) in [6.45, 7) is 5.57. The molecule has 31 heavy (non-hydrogen) atoms. The Bertz CT molecular complexity index is 1180. The van der Waals surface area contributed by atoms with E-state index in [1.54, 1.807) is 38.1 Å². The van der Waals surface area contributed by atoms with Crippen molar-refractivity contribution in [3.05, 3.63) is 75.7 Å². The van der Waals surface area contributed by atoms with Gasteiger partial charge in [0.05, 0.1) is 12.3 Å². The number of hydrogen-bond donors (Lipinski definition) is 1. The second-order valence-corrected chi connectivity index (χ2v) is 6.74. The van der Waals surface area contributed by atoms with Crippen molar-refractivity contribution in [2.24, 2.45) is 0 Å². The largest absolute Gasteiger partial charge is 0.494 e. The lowest BCUT2D eigenvalue weighted by molar-refractivity contribution is -0.117. The van der Waals surface area contributed by atoms with Crippen molar-refractivity contribution in [1.82, 2.24) is 9.78 Å². The Morgan fingerprint density at radius 2 is 1.65 bits per heavy atom. The number of carbonyl (C=O) groups excluding carboxylic acids is 1. The van der Waals surface area contributed by atoms with Crippen LogP contribution in [0.4, 0.5) is 5.69 Å². The van der Waals surface area contributed by atoms with Crippen molar-refractivity contribution in [3.63, 3.8) is 0 Å². The van der Waals surface area contributed by atoms with E-state index in [4.69, 9.17) is 9.47 Å². The predicted molar refractivity (Wildman–Crippen MR) is 115 cm³/mol. The summed E-state index contributed by atoms with van der Waals surface area (Å²) in [5.74, 6) is 1.61. The van der Waals surface area contributed by atoms with Crippen LogP contribution in [0.15, 0.2) is 53.3 Å². The number of anilines is 1. The highest BCUT2D eigenvalue weighted by Crippen LogP contribution is 2.25. The Morgan fingerprint density at radius 1 is 1.06 bits per heavy atom. The number of nitriles is 1. The summed E-state index contributed by atoms with van der Waals surface area (Å²) in [6, 6.07) is 16.0. The monoisotopic (exact) mass is 418 g/mol. The van der Waals surface area contributed by atoms with E-state index in [9.17, 15) is 14.9 Å². The van der Waals surface area contributed by atoms with Crippen LogP contribution in [0.5, 0.6) is 17.2 Å². The van der Waals surface area contributed by atoms with Gasteiger partial charge in [-0.25, -0.2) is 4.68 Å². The maximum Gasteiger partial charge on any atom is 0.285 e. The Labute approximate surface area is 179 Å². The van der Waals surface area contributed by atoms with Gasteiger partial charge >= 0.3 is 0 Å². The van der Waals surface area contributed by atoms with E-state index in [0.29, 0.717) is 35.1 Å². The number of rotatable bonds is 7. The molecular formula is C23H22N4O4. The second kappa shape index (κ2) is 9.59. The van der Waals surface area contributed by atoms with E-state index in [-0.39, 0.29) is 12.1 Å².